The maximum absolute atomic E-state index is 11.2. The molecule has 3 aromatic rings. The first kappa shape index (κ1) is 17.9. The number of aromatic nitrogens is 2. The van der Waals surface area contributed by atoms with E-state index >= 15 is 0 Å². The molecule has 0 saturated carbocycles. The molecule has 0 bridgehead atoms. The molecular weight excluding hydrogens is 330 g/mol. The van der Waals surface area contributed by atoms with Gasteiger partial charge in [-0.3, -0.25) is 10.1 Å². The molecule has 2 heterocycles. The summed E-state index contributed by atoms with van der Waals surface area (Å²) in [5.41, 5.74) is 2.39. The van der Waals surface area contributed by atoms with Crippen molar-refractivity contribution in [2.75, 3.05) is 0 Å². The van der Waals surface area contributed by atoms with Crippen molar-refractivity contribution in [3.63, 3.8) is 0 Å². The smallest absolute Gasteiger partial charge is 0.338 e. The summed E-state index contributed by atoms with van der Waals surface area (Å²) in [6.07, 6.45) is 10.4. The number of unbranched alkanes of at least 4 members (excludes halogenated alkanes) is 3. The molecule has 0 atom stereocenters. The highest BCUT2D eigenvalue weighted by molar-refractivity contribution is 5.92. The number of aryl methyl sites for hydroxylation is 2. The molecule has 0 fully saturated rings. The van der Waals surface area contributed by atoms with E-state index in [2.05, 4.69) is 35.0 Å². The summed E-state index contributed by atoms with van der Waals surface area (Å²) in [5.74, 6) is 0.173. The van der Waals surface area contributed by atoms with Crippen LogP contribution in [0.15, 0.2) is 35.0 Å². The third-order valence-corrected chi connectivity index (χ3v) is 4.53. The van der Waals surface area contributed by atoms with Crippen molar-refractivity contribution in [3.05, 3.63) is 57.6 Å². The van der Waals surface area contributed by atoms with Crippen LogP contribution < -0.4 is 0 Å². The molecule has 0 unspecified atom stereocenters. The van der Waals surface area contributed by atoms with E-state index < -0.39 is 4.92 Å². The molecule has 0 saturated heterocycles. The summed E-state index contributed by atoms with van der Waals surface area (Å²) in [5, 5.41) is 16.0. The lowest BCUT2D eigenvalue weighted by atomic mass is 10.1. The minimum Gasteiger partial charge on any atom is -0.349 e. The zero-order valence-corrected chi connectivity index (χ0v) is 15.1. The monoisotopic (exact) mass is 353 g/mol. The van der Waals surface area contributed by atoms with Gasteiger partial charge in [0.05, 0.1) is 4.92 Å². The van der Waals surface area contributed by atoms with Gasteiger partial charge in [0.2, 0.25) is 5.76 Å². The van der Waals surface area contributed by atoms with Crippen LogP contribution in [0.25, 0.3) is 23.1 Å². The molecule has 1 aromatic carbocycles. The maximum Gasteiger partial charge on any atom is 0.338 e. The van der Waals surface area contributed by atoms with Gasteiger partial charge in [-0.1, -0.05) is 49.5 Å². The fraction of sp³-hybridized carbons (Fsp3) is 0.350. The van der Waals surface area contributed by atoms with Gasteiger partial charge in [0.25, 0.3) is 0 Å². The number of nitrogens with zero attached hydrogens (tertiary/aromatic N) is 3. The van der Waals surface area contributed by atoms with Crippen molar-refractivity contribution >= 4 is 28.7 Å². The van der Waals surface area contributed by atoms with Gasteiger partial charge in [-0.15, -0.1) is 0 Å². The van der Waals surface area contributed by atoms with Gasteiger partial charge in [0.1, 0.15) is 0 Å². The largest absolute Gasteiger partial charge is 0.349 e. The Kier molecular flexibility index (Phi) is 5.51. The molecule has 136 valence electrons. The number of para-hydroxylation sites is 1. The van der Waals surface area contributed by atoms with Crippen LogP contribution >= 0.6 is 0 Å². The first-order valence-electron chi connectivity index (χ1n) is 8.98. The van der Waals surface area contributed by atoms with E-state index in [1.165, 1.54) is 24.8 Å². The zero-order chi connectivity index (χ0) is 18.5. The van der Waals surface area contributed by atoms with Gasteiger partial charge in [-0.25, -0.2) is 0 Å². The standard InChI is InChI=1S/C20H23N3O3/c1-3-4-5-8-13-22-14-16(17-9-6-7-10-18(17)22)11-12-19-20(23(24)25)15(2)21-26-19/h6-7,9-12,14H,3-5,8,13H2,1-2H3. The number of rotatable bonds is 8. The normalized spacial score (nSPS) is 11.6. The Balaban J connectivity index is 1.89. The van der Waals surface area contributed by atoms with Gasteiger partial charge < -0.3 is 9.09 Å². The highest BCUT2D eigenvalue weighted by Gasteiger charge is 2.22. The average molecular weight is 353 g/mol. The lowest BCUT2D eigenvalue weighted by Crippen LogP contribution is -1.95. The molecule has 26 heavy (non-hydrogen) atoms. The van der Waals surface area contributed by atoms with Crippen molar-refractivity contribution in [1.82, 2.24) is 9.72 Å². The fourth-order valence-electron chi connectivity index (χ4n) is 3.18. The quantitative estimate of drug-likeness (QED) is 0.300. The van der Waals surface area contributed by atoms with E-state index in [9.17, 15) is 10.1 Å². The highest BCUT2D eigenvalue weighted by atomic mass is 16.6. The first-order valence-corrected chi connectivity index (χ1v) is 8.98. The van der Waals surface area contributed by atoms with Crippen LogP contribution in [0, 0.1) is 17.0 Å². The second-order valence-corrected chi connectivity index (χ2v) is 6.43. The van der Waals surface area contributed by atoms with Crippen LogP contribution in [-0.2, 0) is 6.54 Å². The average Bonchev–Trinajstić information content (AvgIpc) is 3.18. The van der Waals surface area contributed by atoms with Crippen molar-refractivity contribution in [1.29, 1.82) is 0 Å². The van der Waals surface area contributed by atoms with Crippen LogP contribution in [0.4, 0.5) is 5.69 Å². The van der Waals surface area contributed by atoms with E-state index in [-0.39, 0.29) is 17.1 Å². The molecule has 0 aliphatic heterocycles. The van der Waals surface area contributed by atoms with Crippen molar-refractivity contribution in [2.45, 2.75) is 46.1 Å². The Labute approximate surface area is 152 Å². The van der Waals surface area contributed by atoms with E-state index in [1.54, 1.807) is 13.0 Å². The van der Waals surface area contributed by atoms with E-state index in [0.29, 0.717) is 0 Å². The fourth-order valence-corrected chi connectivity index (χ4v) is 3.18. The van der Waals surface area contributed by atoms with Crippen molar-refractivity contribution < 1.29 is 9.45 Å². The molecule has 6 heteroatoms. The summed E-state index contributed by atoms with van der Waals surface area (Å²) in [4.78, 5) is 10.7. The van der Waals surface area contributed by atoms with Crippen LogP contribution in [0.5, 0.6) is 0 Å². The van der Waals surface area contributed by atoms with Gasteiger partial charge in [-0.2, -0.15) is 0 Å². The third-order valence-electron chi connectivity index (χ3n) is 4.53. The maximum atomic E-state index is 11.2. The summed E-state index contributed by atoms with van der Waals surface area (Å²) >= 11 is 0. The minimum absolute atomic E-state index is 0.0791. The van der Waals surface area contributed by atoms with E-state index in [0.717, 1.165) is 23.9 Å². The zero-order valence-electron chi connectivity index (χ0n) is 15.1. The molecular formula is C20H23N3O3. The molecule has 2 aromatic heterocycles. The Morgan fingerprint density at radius 3 is 2.81 bits per heavy atom. The Bertz CT molecular complexity index is 937. The lowest BCUT2D eigenvalue weighted by molar-refractivity contribution is -0.386. The minimum atomic E-state index is -0.456. The summed E-state index contributed by atoms with van der Waals surface area (Å²) < 4.78 is 7.36. The summed E-state index contributed by atoms with van der Waals surface area (Å²) in [6.45, 7) is 4.75. The second-order valence-electron chi connectivity index (χ2n) is 6.43. The molecule has 0 N–H and O–H groups in total. The van der Waals surface area contributed by atoms with Gasteiger partial charge >= 0.3 is 5.69 Å². The third kappa shape index (κ3) is 3.69. The molecule has 6 nitrogen and oxygen atoms in total. The SMILES string of the molecule is CCCCCCn1cc(C=Cc2onc(C)c2[N+](=O)[O-])c2ccccc21. The van der Waals surface area contributed by atoms with Crippen LogP contribution in [-0.4, -0.2) is 14.6 Å². The van der Waals surface area contributed by atoms with Crippen LogP contribution in [0.2, 0.25) is 0 Å². The number of fused-ring (bicyclic) bond motifs is 1. The Morgan fingerprint density at radius 2 is 2.04 bits per heavy atom. The van der Waals surface area contributed by atoms with Gasteiger partial charge in [0.15, 0.2) is 5.69 Å². The van der Waals surface area contributed by atoms with Gasteiger partial charge in [0, 0.05) is 29.2 Å². The lowest BCUT2D eigenvalue weighted by Gasteiger charge is -2.04. The number of benzene rings is 1. The van der Waals surface area contributed by atoms with Crippen LogP contribution in [0.1, 0.15) is 49.6 Å². The number of nitro groups is 1. The van der Waals surface area contributed by atoms with Crippen molar-refractivity contribution in [2.24, 2.45) is 0 Å². The first-order chi connectivity index (χ1) is 12.6. The molecule has 0 spiro atoms. The molecule has 3 rings (SSSR count). The molecule has 0 aliphatic rings. The highest BCUT2D eigenvalue weighted by Crippen LogP contribution is 2.27. The molecule has 0 radical (unpaired) electrons. The number of hydrogen-bond donors (Lipinski definition) is 0. The van der Waals surface area contributed by atoms with Gasteiger partial charge in [-0.05, 0) is 31.6 Å². The predicted molar refractivity (Wildman–Crippen MR) is 103 cm³/mol. The Hall–Kier alpha value is -2.89. The van der Waals surface area contributed by atoms with Crippen molar-refractivity contribution in [3.8, 4) is 0 Å². The number of hydrogen-bond acceptors (Lipinski definition) is 4. The van der Waals surface area contributed by atoms with E-state index in [4.69, 9.17) is 4.52 Å². The van der Waals surface area contributed by atoms with E-state index in [1.807, 2.05) is 18.2 Å². The molecule has 0 amide bonds. The molecule has 0 aliphatic carbocycles. The topological polar surface area (TPSA) is 74.1 Å². The summed E-state index contributed by atoms with van der Waals surface area (Å²) in [7, 11) is 0. The Morgan fingerprint density at radius 1 is 1.23 bits per heavy atom. The second kappa shape index (κ2) is 7.99. The predicted octanol–water partition coefficient (Wildman–Crippen LogP) is 5.60. The summed E-state index contributed by atoms with van der Waals surface area (Å²) in [6, 6.07) is 8.20. The van der Waals surface area contributed by atoms with Crippen LogP contribution in [0.3, 0.4) is 0 Å².